The third-order valence-electron chi connectivity index (χ3n) is 1.45. The van der Waals surface area contributed by atoms with Crippen LogP contribution in [0.5, 0.6) is 0 Å². The second-order valence-electron chi connectivity index (χ2n) is 2.32. The molecule has 1 saturated carbocycles. The van der Waals surface area contributed by atoms with E-state index in [1.807, 2.05) is 0 Å². The molecule has 0 heterocycles. The van der Waals surface area contributed by atoms with Crippen molar-refractivity contribution in [3.05, 3.63) is 0 Å². The van der Waals surface area contributed by atoms with Crippen LogP contribution in [0.15, 0.2) is 5.16 Å². The summed E-state index contributed by atoms with van der Waals surface area (Å²) in [5, 5.41) is 11.0. The Labute approximate surface area is 53.4 Å². The van der Waals surface area contributed by atoms with Crippen molar-refractivity contribution in [2.75, 3.05) is 0 Å². The molecule has 0 aromatic carbocycles. The Hall–Kier alpha value is -0.860. The Bertz CT molecular complexity index is 158. The van der Waals surface area contributed by atoms with E-state index in [0.29, 0.717) is 0 Å². The van der Waals surface area contributed by atoms with Gasteiger partial charge in [0.1, 0.15) is 5.71 Å². The van der Waals surface area contributed by atoms with E-state index < -0.39 is 0 Å². The summed E-state index contributed by atoms with van der Waals surface area (Å²) in [4.78, 5) is 10.8. The normalized spacial score (nSPS) is 19.9. The molecule has 1 fully saturated rings. The molecule has 0 saturated heterocycles. The Kier molecular flexibility index (Phi) is 1.51. The first-order valence-electron chi connectivity index (χ1n) is 2.98. The summed E-state index contributed by atoms with van der Waals surface area (Å²) in [6, 6.07) is 0. The van der Waals surface area contributed by atoms with Gasteiger partial charge in [-0.15, -0.1) is 0 Å². The fraction of sp³-hybridized carbons (Fsp3) is 0.667. The molecule has 1 rings (SSSR count). The van der Waals surface area contributed by atoms with Crippen molar-refractivity contribution in [2.45, 2.75) is 19.8 Å². The van der Waals surface area contributed by atoms with Gasteiger partial charge in [0, 0.05) is 5.92 Å². The van der Waals surface area contributed by atoms with Crippen molar-refractivity contribution in [1.29, 1.82) is 0 Å². The first-order valence-corrected chi connectivity index (χ1v) is 2.98. The van der Waals surface area contributed by atoms with E-state index in [1.54, 1.807) is 0 Å². The third-order valence-corrected chi connectivity index (χ3v) is 1.45. The summed E-state index contributed by atoms with van der Waals surface area (Å²) in [5.74, 6) is 0.165. The second-order valence-corrected chi connectivity index (χ2v) is 2.32. The summed E-state index contributed by atoms with van der Waals surface area (Å²) < 4.78 is 0. The highest BCUT2D eigenvalue weighted by atomic mass is 16.4. The lowest BCUT2D eigenvalue weighted by Crippen LogP contribution is -2.11. The Morgan fingerprint density at radius 2 is 2.22 bits per heavy atom. The number of Topliss-reactive ketones (excluding diaryl/α,β-unsaturated/α-hetero) is 1. The quantitative estimate of drug-likeness (QED) is 0.339. The topological polar surface area (TPSA) is 49.7 Å². The zero-order valence-corrected chi connectivity index (χ0v) is 5.29. The van der Waals surface area contributed by atoms with Crippen LogP contribution in [0.3, 0.4) is 0 Å². The monoisotopic (exact) mass is 127 g/mol. The van der Waals surface area contributed by atoms with Crippen molar-refractivity contribution in [2.24, 2.45) is 11.1 Å². The predicted octanol–water partition coefficient (Wildman–Crippen LogP) is 0.816. The maximum Gasteiger partial charge on any atom is 0.183 e. The van der Waals surface area contributed by atoms with Crippen LogP contribution in [0.1, 0.15) is 19.8 Å². The molecule has 0 bridgehead atoms. The van der Waals surface area contributed by atoms with Crippen molar-refractivity contribution in [3.8, 4) is 0 Å². The number of oxime groups is 1. The zero-order valence-electron chi connectivity index (χ0n) is 5.29. The minimum atomic E-state index is -0.00231. The second kappa shape index (κ2) is 2.17. The van der Waals surface area contributed by atoms with E-state index in [4.69, 9.17) is 5.21 Å². The molecule has 0 radical (unpaired) electrons. The average molecular weight is 127 g/mol. The number of hydrogen-bond donors (Lipinski definition) is 1. The highest BCUT2D eigenvalue weighted by Gasteiger charge is 2.31. The first-order chi connectivity index (χ1) is 4.25. The summed E-state index contributed by atoms with van der Waals surface area (Å²) in [6.07, 6.45) is 1.93. The SMILES string of the molecule is CC(=NO)C(=O)C1CC1. The number of nitrogens with zero attached hydrogens (tertiary/aromatic N) is 1. The van der Waals surface area contributed by atoms with Crippen molar-refractivity contribution in [3.63, 3.8) is 0 Å². The maximum absolute atomic E-state index is 10.8. The van der Waals surface area contributed by atoms with Gasteiger partial charge in [0.25, 0.3) is 0 Å². The van der Waals surface area contributed by atoms with Crippen LogP contribution in [-0.4, -0.2) is 16.7 Å². The van der Waals surface area contributed by atoms with Gasteiger partial charge in [-0.1, -0.05) is 5.16 Å². The highest BCUT2D eigenvalue weighted by Crippen LogP contribution is 2.29. The molecule has 1 aliphatic carbocycles. The summed E-state index contributed by atoms with van der Waals surface area (Å²) in [5.41, 5.74) is 0.234. The van der Waals surface area contributed by atoms with Gasteiger partial charge in [-0.25, -0.2) is 0 Å². The number of carbonyl (C=O) groups is 1. The van der Waals surface area contributed by atoms with E-state index in [1.165, 1.54) is 6.92 Å². The number of ketones is 1. The van der Waals surface area contributed by atoms with Crippen LogP contribution < -0.4 is 0 Å². The van der Waals surface area contributed by atoms with Gasteiger partial charge in [0.15, 0.2) is 5.78 Å². The minimum Gasteiger partial charge on any atom is -0.411 e. The number of hydrogen-bond acceptors (Lipinski definition) is 3. The largest absolute Gasteiger partial charge is 0.411 e. The smallest absolute Gasteiger partial charge is 0.183 e. The summed E-state index contributed by atoms with van der Waals surface area (Å²) in [6.45, 7) is 1.53. The van der Waals surface area contributed by atoms with E-state index in [2.05, 4.69) is 5.16 Å². The van der Waals surface area contributed by atoms with Gasteiger partial charge >= 0.3 is 0 Å². The van der Waals surface area contributed by atoms with Gasteiger partial charge in [-0.05, 0) is 19.8 Å². The Morgan fingerprint density at radius 3 is 2.56 bits per heavy atom. The molecule has 0 atom stereocenters. The molecular formula is C6H9NO2. The van der Waals surface area contributed by atoms with E-state index >= 15 is 0 Å². The molecule has 1 aliphatic rings. The fourth-order valence-corrected chi connectivity index (χ4v) is 0.690. The Balaban J connectivity index is 2.50. The standard InChI is InChI=1S/C6H9NO2/c1-4(7-9)6(8)5-2-3-5/h5,9H,2-3H2,1H3. The Morgan fingerprint density at radius 1 is 1.67 bits per heavy atom. The van der Waals surface area contributed by atoms with Crippen molar-refractivity contribution < 1.29 is 10.0 Å². The van der Waals surface area contributed by atoms with Crippen LogP contribution in [-0.2, 0) is 4.79 Å². The highest BCUT2D eigenvalue weighted by molar-refractivity contribution is 6.40. The van der Waals surface area contributed by atoms with E-state index in [0.717, 1.165) is 12.8 Å². The van der Waals surface area contributed by atoms with Crippen LogP contribution >= 0.6 is 0 Å². The predicted molar refractivity (Wildman–Crippen MR) is 32.6 cm³/mol. The molecule has 0 aromatic heterocycles. The molecule has 0 amide bonds. The van der Waals surface area contributed by atoms with E-state index in [-0.39, 0.29) is 17.4 Å². The molecule has 50 valence electrons. The average Bonchev–Trinajstić information content (AvgIpc) is 2.66. The molecule has 3 nitrogen and oxygen atoms in total. The van der Waals surface area contributed by atoms with E-state index in [9.17, 15) is 4.79 Å². The lowest BCUT2D eigenvalue weighted by atomic mass is 10.2. The van der Waals surface area contributed by atoms with Gasteiger partial charge in [-0.2, -0.15) is 0 Å². The molecule has 0 unspecified atom stereocenters. The number of carbonyl (C=O) groups excluding carboxylic acids is 1. The third kappa shape index (κ3) is 1.28. The molecule has 9 heavy (non-hydrogen) atoms. The molecule has 1 N–H and O–H groups in total. The maximum atomic E-state index is 10.8. The molecule has 0 aromatic rings. The van der Waals surface area contributed by atoms with Crippen LogP contribution in [0.2, 0.25) is 0 Å². The van der Waals surface area contributed by atoms with Crippen molar-refractivity contribution in [1.82, 2.24) is 0 Å². The van der Waals surface area contributed by atoms with Crippen LogP contribution in [0, 0.1) is 5.92 Å². The zero-order chi connectivity index (χ0) is 6.85. The molecular weight excluding hydrogens is 118 g/mol. The van der Waals surface area contributed by atoms with Gasteiger partial charge < -0.3 is 5.21 Å². The molecule has 0 spiro atoms. The van der Waals surface area contributed by atoms with Gasteiger partial charge in [0.2, 0.25) is 0 Å². The van der Waals surface area contributed by atoms with Crippen LogP contribution in [0.4, 0.5) is 0 Å². The molecule has 0 aliphatic heterocycles. The van der Waals surface area contributed by atoms with Crippen LogP contribution in [0.25, 0.3) is 0 Å². The van der Waals surface area contributed by atoms with Gasteiger partial charge in [-0.3, -0.25) is 4.79 Å². The summed E-state index contributed by atoms with van der Waals surface area (Å²) >= 11 is 0. The fourth-order valence-electron chi connectivity index (χ4n) is 0.690. The van der Waals surface area contributed by atoms with Crippen molar-refractivity contribution >= 4 is 11.5 Å². The lowest BCUT2D eigenvalue weighted by Gasteiger charge is -1.90. The number of rotatable bonds is 2. The minimum absolute atomic E-state index is 0.00231. The summed E-state index contributed by atoms with van der Waals surface area (Å²) in [7, 11) is 0. The first kappa shape index (κ1) is 6.26. The molecule has 3 heteroatoms. The lowest BCUT2D eigenvalue weighted by molar-refractivity contribution is -0.114. The van der Waals surface area contributed by atoms with Gasteiger partial charge in [0.05, 0.1) is 0 Å².